The zero-order chi connectivity index (χ0) is 19.0. The van der Waals surface area contributed by atoms with Gasteiger partial charge in [0.05, 0.1) is 23.7 Å². The van der Waals surface area contributed by atoms with E-state index in [0.29, 0.717) is 33.7 Å². The fourth-order valence-electron chi connectivity index (χ4n) is 3.05. The van der Waals surface area contributed by atoms with Crippen molar-refractivity contribution >= 4 is 28.8 Å². The fourth-order valence-corrected chi connectivity index (χ4v) is 3.14. The molecule has 0 amide bonds. The summed E-state index contributed by atoms with van der Waals surface area (Å²) in [4.78, 5) is 28.1. The predicted molar refractivity (Wildman–Crippen MR) is 99.5 cm³/mol. The molecule has 26 heavy (non-hydrogen) atoms. The summed E-state index contributed by atoms with van der Waals surface area (Å²) in [5.41, 5.74) is 3.83. The Kier molecular flexibility index (Phi) is 4.92. The third-order valence-corrected chi connectivity index (χ3v) is 4.62. The second-order valence-corrected chi connectivity index (χ2v) is 6.66. The van der Waals surface area contributed by atoms with Crippen molar-refractivity contribution in [3.8, 4) is 11.3 Å². The van der Waals surface area contributed by atoms with Crippen molar-refractivity contribution in [2.45, 2.75) is 27.2 Å². The lowest BCUT2D eigenvalue weighted by Gasteiger charge is -2.10. The number of halogens is 2. The van der Waals surface area contributed by atoms with Crippen LogP contribution in [0.1, 0.15) is 34.1 Å². The van der Waals surface area contributed by atoms with Crippen LogP contribution >= 0.6 is 11.6 Å². The van der Waals surface area contributed by atoms with Crippen LogP contribution in [0.3, 0.4) is 0 Å². The molecule has 1 aromatic carbocycles. The number of alkyl halides is 1. The molecule has 0 bridgehead atoms. The maximum atomic E-state index is 14.9. The van der Waals surface area contributed by atoms with E-state index in [-0.39, 0.29) is 23.9 Å². The smallest absolute Gasteiger partial charge is 0.159 e. The molecule has 0 saturated carbocycles. The number of hydrogen-bond donors (Lipinski definition) is 0. The minimum absolute atomic E-state index is 0.0520. The molecule has 2 heterocycles. The van der Waals surface area contributed by atoms with Crippen LogP contribution in [0.5, 0.6) is 0 Å². The van der Waals surface area contributed by atoms with Crippen LogP contribution in [0.15, 0.2) is 30.5 Å². The largest absolute Gasteiger partial charge is 0.303 e. The average Bonchev–Trinajstić information content (AvgIpc) is 2.91. The van der Waals surface area contributed by atoms with Crippen molar-refractivity contribution in [2.24, 2.45) is 0 Å². The van der Waals surface area contributed by atoms with E-state index in [1.165, 1.54) is 13.0 Å². The number of pyridine rings is 1. The van der Waals surface area contributed by atoms with Crippen molar-refractivity contribution in [1.82, 2.24) is 9.38 Å². The number of nitrogens with zero attached hydrogens (tertiary/aromatic N) is 2. The van der Waals surface area contributed by atoms with Crippen molar-refractivity contribution in [1.29, 1.82) is 0 Å². The van der Waals surface area contributed by atoms with E-state index in [1.54, 1.807) is 17.4 Å². The quantitative estimate of drug-likeness (QED) is 0.495. The molecule has 0 aliphatic heterocycles. The first-order chi connectivity index (χ1) is 12.3. The molecule has 0 spiro atoms. The first-order valence-electron chi connectivity index (χ1n) is 8.18. The van der Waals surface area contributed by atoms with Crippen molar-refractivity contribution in [3.05, 3.63) is 58.7 Å². The van der Waals surface area contributed by atoms with Gasteiger partial charge in [-0.2, -0.15) is 0 Å². The van der Waals surface area contributed by atoms with Gasteiger partial charge in [-0.1, -0.05) is 0 Å². The van der Waals surface area contributed by atoms with E-state index < -0.39 is 5.82 Å². The second-order valence-electron chi connectivity index (χ2n) is 6.39. The van der Waals surface area contributed by atoms with Crippen LogP contribution in [-0.2, 0) is 11.2 Å². The van der Waals surface area contributed by atoms with Crippen LogP contribution < -0.4 is 0 Å². The lowest BCUT2D eigenvalue weighted by molar-refractivity contribution is -0.116. The predicted octanol–water partition coefficient (Wildman–Crippen LogP) is 4.31. The van der Waals surface area contributed by atoms with Gasteiger partial charge in [0.2, 0.25) is 0 Å². The summed E-state index contributed by atoms with van der Waals surface area (Å²) in [6.07, 6.45) is 1.87. The first kappa shape index (κ1) is 18.3. The number of hydrogen-bond acceptors (Lipinski definition) is 3. The Balaban J connectivity index is 2.29. The normalized spacial score (nSPS) is 11.1. The third kappa shape index (κ3) is 3.27. The lowest BCUT2D eigenvalue weighted by Crippen LogP contribution is -2.08. The molecule has 0 atom stereocenters. The lowest BCUT2D eigenvalue weighted by atomic mass is 9.98. The fraction of sp³-hybridized carbons (Fsp3) is 0.250. The molecule has 0 aliphatic rings. The highest BCUT2D eigenvalue weighted by Gasteiger charge is 2.22. The number of imidazole rings is 1. The van der Waals surface area contributed by atoms with E-state index >= 15 is 0 Å². The number of rotatable bonds is 5. The number of carbonyl (C=O) groups is 2. The highest BCUT2D eigenvalue weighted by atomic mass is 35.5. The van der Waals surface area contributed by atoms with Crippen molar-refractivity contribution in [3.63, 3.8) is 0 Å². The second kappa shape index (κ2) is 7.00. The standard InChI is InChI=1S/C20H18ClFN2O2/c1-11-4-5-24-17(9-15(26)10-21)20(23-18(24)6-11)19-12(2)7-14(13(3)25)8-16(19)22/h4-8H,9-10H2,1-3H3. The van der Waals surface area contributed by atoms with Gasteiger partial charge in [-0.3, -0.25) is 9.59 Å². The Hall–Kier alpha value is -2.53. The number of aryl methyl sites for hydroxylation is 2. The Morgan fingerprint density at radius 1 is 1.23 bits per heavy atom. The number of Topliss-reactive ketones (excluding diaryl/α,β-unsaturated/α-hetero) is 2. The molecule has 0 fully saturated rings. The van der Waals surface area contributed by atoms with Gasteiger partial charge >= 0.3 is 0 Å². The highest BCUT2D eigenvalue weighted by Crippen LogP contribution is 2.31. The summed E-state index contributed by atoms with van der Waals surface area (Å²) < 4.78 is 16.6. The van der Waals surface area contributed by atoms with E-state index in [9.17, 15) is 14.0 Å². The van der Waals surface area contributed by atoms with E-state index in [2.05, 4.69) is 4.98 Å². The molecular formula is C20H18ClFN2O2. The minimum Gasteiger partial charge on any atom is -0.303 e. The molecule has 3 aromatic rings. The summed E-state index contributed by atoms with van der Waals surface area (Å²) in [5, 5.41) is 0. The molecule has 2 aromatic heterocycles. The summed E-state index contributed by atoms with van der Waals surface area (Å²) in [6.45, 7) is 5.06. The number of aromatic nitrogens is 2. The topological polar surface area (TPSA) is 51.4 Å². The van der Waals surface area contributed by atoms with Gasteiger partial charge in [-0.25, -0.2) is 9.37 Å². The molecule has 6 heteroatoms. The Bertz CT molecular complexity index is 1020. The summed E-state index contributed by atoms with van der Waals surface area (Å²) in [5.74, 6) is -1.03. The zero-order valence-corrected chi connectivity index (χ0v) is 15.5. The van der Waals surface area contributed by atoms with E-state index in [0.717, 1.165) is 5.56 Å². The van der Waals surface area contributed by atoms with Crippen molar-refractivity contribution in [2.75, 3.05) is 5.88 Å². The van der Waals surface area contributed by atoms with Gasteiger partial charge < -0.3 is 4.40 Å². The zero-order valence-electron chi connectivity index (χ0n) is 14.8. The molecule has 3 rings (SSSR count). The van der Waals surface area contributed by atoms with Crippen LogP contribution in [0, 0.1) is 19.7 Å². The van der Waals surface area contributed by atoms with Crippen LogP contribution in [-0.4, -0.2) is 26.8 Å². The van der Waals surface area contributed by atoms with E-state index in [1.807, 2.05) is 25.3 Å². The third-order valence-electron chi connectivity index (χ3n) is 4.32. The van der Waals surface area contributed by atoms with Crippen LogP contribution in [0.25, 0.3) is 16.9 Å². The molecule has 0 radical (unpaired) electrons. The Morgan fingerprint density at radius 2 is 1.96 bits per heavy atom. The van der Waals surface area contributed by atoms with Gasteiger partial charge in [0, 0.05) is 17.3 Å². The van der Waals surface area contributed by atoms with Gasteiger partial charge in [-0.05, 0) is 56.2 Å². The molecular weight excluding hydrogens is 355 g/mol. The van der Waals surface area contributed by atoms with Crippen LogP contribution in [0.4, 0.5) is 4.39 Å². The SMILES string of the molecule is CC(=O)c1cc(C)c(-c2nc3cc(C)ccn3c2CC(=O)CCl)c(F)c1. The molecule has 134 valence electrons. The van der Waals surface area contributed by atoms with E-state index in [4.69, 9.17) is 11.6 Å². The molecule has 0 unspecified atom stereocenters. The number of fused-ring (bicyclic) bond motifs is 1. The summed E-state index contributed by atoms with van der Waals surface area (Å²) in [6, 6.07) is 6.63. The average molecular weight is 373 g/mol. The Labute approximate surface area is 155 Å². The summed E-state index contributed by atoms with van der Waals surface area (Å²) >= 11 is 5.67. The minimum atomic E-state index is -0.532. The molecule has 4 nitrogen and oxygen atoms in total. The van der Waals surface area contributed by atoms with Crippen LogP contribution in [0.2, 0.25) is 0 Å². The number of benzene rings is 1. The Morgan fingerprint density at radius 3 is 2.58 bits per heavy atom. The first-order valence-corrected chi connectivity index (χ1v) is 8.72. The molecule has 0 saturated heterocycles. The highest BCUT2D eigenvalue weighted by molar-refractivity contribution is 6.27. The molecule has 0 N–H and O–H groups in total. The molecule has 0 aliphatic carbocycles. The summed E-state index contributed by atoms with van der Waals surface area (Å²) in [7, 11) is 0. The monoisotopic (exact) mass is 372 g/mol. The maximum absolute atomic E-state index is 14.9. The van der Waals surface area contributed by atoms with Gasteiger partial charge in [0.15, 0.2) is 11.6 Å². The van der Waals surface area contributed by atoms with Gasteiger partial charge in [0.25, 0.3) is 0 Å². The number of carbonyl (C=O) groups excluding carboxylic acids is 2. The van der Waals surface area contributed by atoms with Crippen molar-refractivity contribution < 1.29 is 14.0 Å². The maximum Gasteiger partial charge on any atom is 0.159 e. The number of ketones is 2. The van der Waals surface area contributed by atoms with Gasteiger partial charge in [0.1, 0.15) is 11.5 Å². The van der Waals surface area contributed by atoms with Gasteiger partial charge in [-0.15, -0.1) is 11.6 Å².